The van der Waals surface area contributed by atoms with Crippen LogP contribution in [0.5, 0.6) is 11.5 Å². The standard InChI is InChI=1S/C30H28N2O6/c1-19-7-16-25-26(17-19)29(35)32(28(25)34)22-12-8-20(9-13-22)30(36)37-18-27(33)31-21-10-14-24(15-11-21)38-23-5-3-2-4-6-23/h2-6,8-15,19,25-26H,7,16-18H2,1H3,(H,31,33)/t19-,25+,26+/m1/s1. The monoisotopic (exact) mass is 512 g/mol. The summed E-state index contributed by atoms with van der Waals surface area (Å²) < 4.78 is 10.9. The van der Waals surface area contributed by atoms with Crippen molar-refractivity contribution in [2.75, 3.05) is 16.8 Å². The maximum absolute atomic E-state index is 12.9. The van der Waals surface area contributed by atoms with Gasteiger partial charge in [-0.15, -0.1) is 0 Å². The Morgan fingerprint density at radius 1 is 0.842 bits per heavy atom. The zero-order valence-electron chi connectivity index (χ0n) is 21.0. The van der Waals surface area contributed by atoms with Crippen LogP contribution in [-0.2, 0) is 19.1 Å². The van der Waals surface area contributed by atoms with E-state index in [-0.39, 0.29) is 29.2 Å². The summed E-state index contributed by atoms with van der Waals surface area (Å²) in [4.78, 5) is 51.7. The molecule has 1 N–H and O–H groups in total. The summed E-state index contributed by atoms with van der Waals surface area (Å²) >= 11 is 0. The highest BCUT2D eigenvalue weighted by Crippen LogP contribution is 2.42. The SMILES string of the molecule is C[C@@H]1CC[C@@H]2C(=O)N(c3ccc(C(=O)OCC(=O)Nc4ccc(Oc5ccccc5)cc4)cc3)C(=O)[C@H]2C1. The number of nitrogens with zero attached hydrogens (tertiary/aromatic N) is 1. The normalized spacial score (nSPS) is 20.6. The van der Waals surface area contributed by atoms with Gasteiger partial charge in [-0.1, -0.05) is 25.1 Å². The highest BCUT2D eigenvalue weighted by molar-refractivity contribution is 6.22. The van der Waals surface area contributed by atoms with E-state index in [1.165, 1.54) is 17.0 Å². The summed E-state index contributed by atoms with van der Waals surface area (Å²) in [6.07, 6.45) is 2.40. The second kappa shape index (κ2) is 10.9. The summed E-state index contributed by atoms with van der Waals surface area (Å²) in [5, 5.41) is 2.67. The van der Waals surface area contributed by atoms with Crippen LogP contribution in [0.25, 0.3) is 0 Å². The van der Waals surface area contributed by atoms with Gasteiger partial charge in [-0.25, -0.2) is 4.79 Å². The first-order valence-corrected chi connectivity index (χ1v) is 12.7. The molecule has 1 aliphatic carbocycles. The van der Waals surface area contributed by atoms with Gasteiger partial charge in [-0.05, 0) is 85.8 Å². The molecule has 5 rings (SSSR count). The van der Waals surface area contributed by atoms with Crippen molar-refractivity contribution in [3.8, 4) is 11.5 Å². The number of anilines is 2. The third-order valence-corrected chi connectivity index (χ3v) is 7.00. The van der Waals surface area contributed by atoms with Crippen molar-refractivity contribution in [2.24, 2.45) is 17.8 Å². The first kappa shape index (κ1) is 25.2. The Hall–Kier alpha value is -4.46. The molecule has 1 aliphatic heterocycles. The number of hydrogen-bond donors (Lipinski definition) is 1. The predicted octanol–water partition coefficient (Wildman–Crippen LogP) is 5.20. The zero-order chi connectivity index (χ0) is 26.6. The molecule has 3 amide bonds. The molecule has 1 heterocycles. The summed E-state index contributed by atoms with van der Waals surface area (Å²) in [6.45, 7) is 1.64. The van der Waals surface area contributed by atoms with Gasteiger partial charge >= 0.3 is 5.97 Å². The minimum Gasteiger partial charge on any atom is -0.457 e. The lowest BCUT2D eigenvalue weighted by molar-refractivity contribution is -0.122. The fraction of sp³-hybridized carbons (Fsp3) is 0.267. The fourth-order valence-electron chi connectivity index (χ4n) is 5.03. The number of benzene rings is 3. The third-order valence-electron chi connectivity index (χ3n) is 7.00. The highest BCUT2D eigenvalue weighted by Gasteiger charge is 2.49. The number of nitrogens with one attached hydrogen (secondary N) is 1. The second-order valence-corrected chi connectivity index (χ2v) is 9.75. The topological polar surface area (TPSA) is 102 Å². The smallest absolute Gasteiger partial charge is 0.338 e. The van der Waals surface area contributed by atoms with Crippen molar-refractivity contribution in [1.82, 2.24) is 0 Å². The van der Waals surface area contributed by atoms with Crippen molar-refractivity contribution in [3.05, 3.63) is 84.4 Å². The van der Waals surface area contributed by atoms with E-state index in [0.29, 0.717) is 28.8 Å². The molecule has 1 saturated carbocycles. The fourth-order valence-corrected chi connectivity index (χ4v) is 5.03. The van der Waals surface area contributed by atoms with Crippen LogP contribution in [0.1, 0.15) is 36.5 Å². The van der Waals surface area contributed by atoms with Gasteiger partial charge in [0, 0.05) is 5.69 Å². The maximum atomic E-state index is 12.9. The molecule has 38 heavy (non-hydrogen) atoms. The lowest BCUT2D eigenvalue weighted by Crippen LogP contribution is -2.30. The first-order valence-electron chi connectivity index (χ1n) is 12.7. The molecule has 8 nitrogen and oxygen atoms in total. The molecule has 194 valence electrons. The summed E-state index contributed by atoms with van der Waals surface area (Å²) in [5.74, 6) is -0.273. The van der Waals surface area contributed by atoms with Crippen LogP contribution in [0.3, 0.4) is 0 Å². The van der Waals surface area contributed by atoms with Gasteiger partial charge < -0.3 is 14.8 Å². The molecule has 3 aromatic carbocycles. The van der Waals surface area contributed by atoms with Gasteiger partial charge in [0.05, 0.1) is 23.1 Å². The van der Waals surface area contributed by atoms with Crippen molar-refractivity contribution < 1.29 is 28.7 Å². The van der Waals surface area contributed by atoms with Crippen LogP contribution in [0.4, 0.5) is 11.4 Å². The minimum atomic E-state index is -0.681. The van der Waals surface area contributed by atoms with Gasteiger partial charge in [-0.2, -0.15) is 0 Å². The Morgan fingerprint density at radius 3 is 2.21 bits per heavy atom. The van der Waals surface area contributed by atoms with Crippen molar-refractivity contribution >= 4 is 35.1 Å². The number of fused-ring (bicyclic) bond motifs is 1. The van der Waals surface area contributed by atoms with Crippen LogP contribution in [0.15, 0.2) is 78.9 Å². The van der Waals surface area contributed by atoms with Crippen LogP contribution < -0.4 is 15.0 Å². The van der Waals surface area contributed by atoms with E-state index >= 15 is 0 Å². The molecular weight excluding hydrogens is 484 g/mol. The molecule has 2 fully saturated rings. The van der Waals surface area contributed by atoms with E-state index < -0.39 is 18.5 Å². The number of ether oxygens (including phenoxy) is 2. The number of carbonyl (C=O) groups excluding carboxylic acids is 4. The van der Waals surface area contributed by atoms with E-state index in [9.17, 15) is 19.2 Å². The Labute approximate surface area is 220 Å². The number of imide groups is 1. The van der Waals surface area contributed by atoms with E-state index in [2.05, 4.69) is 12.2 Å². The maximum Gasteiger partial charge on any atom is 0.338 e. The number of para-hydroxylation sites is 1. The molecule has 3 aromatic rings. The van der Waals surface area contributed by atoms with Crippen LogP contribution in [0.2, 0.25) is 0 Å². The lowest BCUT2D eigenvalue weighted by atomic mass is 9.76. The van der Waals surface area contributed by atoms with Crippen molar-refractivity contribution in [1.29, 1.82) is 0 Å². The Morgan fingerprint density at radius 2 is 1.50 bits per heavy atom. The second-order valence-electron chi connectivity index (χ2n) is 9.75. The molecule has 1 saturated heterocycles. The van der Waals surface area contributed by atoms with E-state index in [4.69, 9.17) is 9.47 Å². The van der Waals surface area contributed by atoms with E-state index in [1.807, 2.05) is 30.3 Å². The average Bonchev–Trinajstić information content (AvgIpc) is 3.17. The molecule has 0 unspecified atom stereocenters. The van der Waals surface area contributed by atoms with Crippen LogP contribution >= 0.6 is 0 Å². The summed E-state index contributed by atoms with van der Waals surface area (Å²) in [7, 11) is 0. The van der Waals surface area contributed by atoms with Crippen LogP contribution in [-0.4, -0.2) is 30.3 Å². The number of rotatable bonds is 7. The van der Waals surface area contributed by atoms with E-state index in [1.54, 1.807) is 36.4 Å². The largest absolute Gasteiger partial charge is 0.457 e. The molecule has 0 bridgehead atoms. The van der Waals surface area contributed by atoms with Gasteiger partial charge in [0.2, 0.25) is 11.8 Å². The summed E-state index contributed by atoms with van der Waals surface area (Å²) in [6, 6.07) is 22.3. The average molecular weight is 513 g/mol. The van der Waals surface area contributed by atoms with Gasteiger partial charge in [0.15, 0.2) is 6.61 Å². The molecule has 8 heteroatoms. The molecule has 0 radical (unpaired) electrons. The van der Waals surface area contributed by atoms with Gasteiger partial charge in [0.25, 0.3) is 5.91 Å². The lowest BCUT2D eigenvalue weighted by Gasteiger charge is -2.25. The number of hydrogen-bond acceptors (Lipinski definition) is 6. The van der Waals surface area contributed by atoms with Crippen molar-refractivity contribution in [2.45, 2.75) is 26.2 Å². The molecule has 0 aromatic heterocycles. The van der Waals surface area contributed by atoms with Crippen LogP contribution in [0, 0.1) is 17.8 Å². The zero-order valence-corrected chi connectivity index (χ0v) is 21.0. The minimum absolute atomic E-state index is 0.168. The van der Waals surface area contributed by atoms with Crippen molar-refractivity contribution in [3.63, 3.8) is 0 Å². The highest BCUT2D eigenvalue weighted by atomic mass is 16.5. The predicted molar refractivity (Wildman–Crippen MR) is 141 cm³/mol. The quantitative estimate of drug-likeness (QED) is 0.345. The summed E-state index contributed by atoms with van der Waals surface area (Å²) in [5.41, 5.74) is 1.19. The Balaban J connectivity index is 1.12. The Bertz CT molecular complexity index is 1340. The van der Waals surface area contributed by atoms with Gasteiger partial charge in [-0.3, -0.25) is 19.3 Å². The number of carbonyl (C=O) groups is 4. The third kappa shape index (κ3) is 5.44. The Kier molecular flexibility index (Phi) is 7.22. The van der Waals surface area contributed by atoms with E-state index in [0.717, 1.165) is 19.3 Å². The number of amides is 3. The molecule has 3 atom stereocenters. The number of esters is 1. The molecule has 0 spiro atoms. The van der Waals surface area contributed by atoms with Gasteiger partial charge in [0.1, 0.15) is 11.5 Å². The molecular formula is C30H28N2O6. The molecule has 2 aliphatic rings. The first-order chi connectivity index (χ1) is 18.4.